The molecule has 0 amide bonds. The molecule has 1 saturated heterocycles. The summed E-state index contributed by atoms with van der Waals surface area (Å²) in [6, 6.07) is 9.24. The zero-order chi connectivity index (χ0) is 11.2. The molecule has 0 radical (unpaired) electrons. The Balaban J connectivity index is 1.80. The minimum absolute atomic E-state index is 0.125. The van der Waals surface area contributed by atoms with Gasteiger partial charge in [-0.25, -0.2) is 0 Å². The van der Waals surface area contributed by atoms with Gasteiger partial charge < -0.3 is 10.1 Å². The average molecular weight is 219 g/mol. The highest BCUT2D eigenvalue weighted by Gasteiger charge is 2.17. The SMILES string of the molecule is O=C(CC1CCCNC1)Oc1ccccc1. The normalized spacial score (nSPS) is 20.4. The Kier molecular flexibility index (Phi) is 3.94. The molecule has 1 N–H and O–H groups in total. The second-order valence-corrected chi connectivity index (χ2v) is 4.20. The number of ether oxygens (including phenoxy) is 1. The first-order chi connectivity index (χ1) is 7.84. The molecule has 2 rings (SSSR count). The molecule has 16 heavy (non-hydrogen) atoms. The summed E-state index contributed by atoms with van der Waals surface area (Å²) in [6.45, 7) is 2.01. The minimum atomic E-state index is -0.125. The molecule has 1 aliphatic rings. The van der Waals surface area contributed by atoms with Gasteiger partial charge in [0.15, 0.2) is 0 Å². The Morgan fingerprint density at radius 1 is 1.38 bits per heavy atom. The molecule has 1 fully saturated rings. The molecular formula is C13H17NO2. The van der Waals surface area contributed by atoms with Crippen molar-refractivity contribution in [3.63, 3.8) is 0 Å². The zero-order valence-corrected chi connectivity index (χ0v) is 9.32. The maximum atomic E-state index is 11.6. The summed E-state index contributed by atoms with van der Waals surface area (Å²) in [5.74, 6) is 0.945. The third-order valence-corrected chi connectivity index (χ3v) is 2.83. The Morgan fingerprint density at radius 2 is 2.19 bits per heavy atom. The van der Waals surface area contributed by atoms with Crippen LogP contribution in [0.5, 0.6) is 5.75 Å². The average Bonchev–Trinajstić information content (AvgIpc) is 2.31. The molecule has 1 aromatic carbocycles. The Labute approximate surface area is 95.8 Å². The number of benzene rings is 1. The van der Waals surface area contributed by atoms with Gasteiger partial charge in [0.2, 0.25) is 0 Å². The van der Waals surface area contributed by atoms with Gasteiger partial charge in [-0.15, -0.1) is 0 Å². The van der Waals surface area contributed by atoms with Crippen LogP contribution in [0.4, 0.5) is 0 Å². The third kappa shape index (κ3) is 3.35. The van der Waals surface area contributed by atoms with Crippen molar-refractivity contribution < 1.29 is 9.53 Å². The van der Waals surface area contributed by atoms with E-state index < -0.39 is 0 Å². The van der Waals surface area contributed by atoms with Crippen LogP contribution in [0.15, 0.2) is 30.3 Å². The number of para-hydroxylation sites is 1. The van der Waals surface area contributed by atoms with Crippen molar-refractivity contribution in [2.45, 2.75) is 19.3 Å². The Bertz CT molecular complexity index is 331. The largest absolute Gasteiger partial charge is 0.427 e. The monoisotopic (exact) mass is 219 g/mol. The van der Waals surface area contributed by atoms with Crippen molar-refractivity contribution in [1.82, 2.24) is 5.32 Å². The van der Waals surface area contributed by atoms with Gasteiger partial charge in [-0.05, 0) is 44.0 Å². The number of esters is 1. The second-order valence-electron chi connectivity index (χ2n) is 4.20. The van der Waals surface area contributed by atoms with Crippen molar-refractivity contribution in [2.24, 2.45) is 5.92 Å². The summed E-state index contributed by atoms with van der Waals surface area (Å²) < 4.78 is 5.25. The van der Waals surface area contributed by atoms with Gasteiger partial charge in [-0.1, -0.05) is 18.2 Å². The molecule has 1 aliphatic heterocycles. The van der Waals surface area contributed by atoms with E-state index >= 15 is 0 Å². The molecule has 86 valence electrons. The lowest BCUT2D eigenvalue weighted by Gasteiger charge is -2.21. The van der Waals surface area contributed by atoms with Crippen LogP contribution >= 0.6 is 0 Å². The van der Waals surface area contributed by atoms with E-state index in [1.54, 1.807) is 12.1 Å². The number of hydrogen-bond donors (Lipinski definition) is 1. The highest BCUT2D eigenvalue weighted by molar-refractivity contribution is 5.72. The summed E-state index contributed by atoms with van der Waals surface area (Å²) in [6.07, 6.45) is 2.79. The lowest BCUT2D eigenvalue weighted by atomic mass is 9.96. The van der Waals surface area contributed by atoms with E-state index in [9.17, 15) is 4.79 Å². The van der Waals surface area contributed by atoms with Crippen LogP contribution in [0.3, 0.4) is 0 Å². The maximum Gasteiger partial charge on any atom is 0.311 e. The van der Waals surface area contributed by atoms with Gasteiger partial charge in [-0.2, -0.15) is 0 Å². The lowest BCUT2D eigenvalue weighted by molar-refractivity contribution is -0.135. The van der Waals surface area contributed by atoms with E-state index in [4.69, 9.17) is 4.74 Å². The highest BCUT2D eigenvalue weighted by atomic mass is 16.5. The summed E-state index contributed by atoms with van der Waals surface area (Å²) in [5.41, 5.74) is 0. The molecule has 0 aromatic heterocycles. The van der Waals surface area contributed by atoms with Crippen molar-refractivity contribution >= 4 is 5.97 Å². The van der Waals surface area contributed by atoms with E-state index in [1.165, 1.54) is 0 Å². The number of carbonyl (C=O) groups excluding carboxylic acids is 1. The first-order valence-corrected chi connectivity index (χ1v) is 5.81. The molecule has 3 nitrogen and oxygen atoms in total. The fourth-order valence-electron chi connectivity index (χ4n) is 2.00. The second kappa shape index (κ2) is 5.66. The van der Waals surface area contributed by atoms with E-state index in [-0.39, 0.29) is 5.97 Å². The van der Waals surface area contributed by atoms with Gasteiger partial charge in [-0.3, -0.25) is 4.79 Å². The molecule has 0 bridgehead atoms. The first-order valence-electron chi connectivity index (χ1n) is 5.81. The van der Waals surface area contributed by atoms with Crippen LogP contribution in [0, 0.1) is 5.92 Å². The Morgan fingerprint density at radius 3 is 2.88 bits per heavy atom. The van der Waals surface area contributed by atoms with Crippen molar-refractivity contribution in [3.8, 4) is 5.75 Å². The number of carbonyl (C=O) groups is 1. The summed E-state index contributed by atoms with van der Waals surface area (Å²) in [7, 11) is 0. The Hall–Kier alpha value is -1.35. The van der Waals surface area contributed by atoms with Gasteiger partial charge >= 0.3 is 5.97 Å². The molecule has 1 unspecified atom stereocenters. The van der Waals surface area contributed by atoms with Gasteiger partial charge in [0.1, 0.15) is 5.75 Å². The molecule has 0 aliphatic carbocycles. The smallest absolute Gasteiger partial charge is 0.311 e. The number of nitrogens with one attached hydrogen (secondary N) is 1. The first kappa shape index (κ1) is 11.1. The number of hydrogen-bond acceptors (Lipinski definition) is 3. The number of piperidine rings is 1. The predicted molar refractivity (Wildman–Crippen MR) is 62.3 cm³/mol. The standard InChI is InChI=1S/C13H17NO2/c15-13(9-11-5-4-8-14-10-11)16-12-6-2-1-3-7-12/h1-3,6-7,11,14H,4-5,8-10H2. The van der Waals surface area contributed by atoms with Crippen LogP contribution in [0.25, 0.3) is 0 Å². The predicted octanol–water partition coefficient (Wildman–Crippen LogP) is 1.98. The van der Waals surface area contributed by atoms with Crippen LogP contribution in [-0.2, 0) is 4.79 Å². The van der Waals surface area contributed by atoms with Gasteiger partial charge in [0, 0.05) is 6.42 Å². The van der Waals surface area contributed by atoms with E-state index in [2.05, 4.69) is 5.32 Å². The maximum absolute atomic E-state index is 11.6. The molecule has 0 saturated carbocycles. The van der Waals surface area contributed by atoms with Crippen LogP contribution in [0.1, 0.15) is 19.3 Å². The van der Waals surface area contributed by atoms with Gasteiger partial charge in [0.05, 0.1) is 0 Å². The number of rotatable bonds is 3. The molecule has 1 heterocycles. The zero-order valence-electron chi connectivity index (χ0n) is 9.32. The van der Waals surface area contributed by atoms with Crippen molar-refractivity contribution in [3.05, 3.63) is 30.3 Å². The molecule has 0 spiro atoms. The lowest BCUT2D eigenvalue weighted by Crippen LogP contribution is -2.31. The highest BCUT2D eigenvalue weighted by Crippen LogP contribution is 2.16. The summed E-state index contributed by atoms with van der Waals surface area (Å²) in [5, 5.41) is 3.30. The topological polar surface area (TPSA) is 38.3 Å². The van der Waals surface area contributed by atoms with Gasteiger partial charge in [0.25, 0.3) is 0 Å². The van der Waals surface area contributed by atoms with E-state index in [1.807, 2.05) is 18.2 Å². The van der Waals surface area contributed by atoms with E-state index in [0.717, 1.165) is 25.9 Å². The molecule has 3 heteroatoms. The fraction of sp³-hybridized carbons (Fsp3) is 0.462. The van der Waals surface area contributed by atoms with Crippen LogP contribution < -0.4 is 10.1 Å². The van der Waals surface area contributed by atoms with Crippen molar-refractivity contribution in [1.29, 1.82) is 0 Å². The van der Waals surface area contributed by atoms with Crippen molar-refractivity contribution in [2.75, 3.05) is 13.1 Å². The third-order valence-electron chi connectivity index (χ3n) is 2.83. The summed E-state index contributed by atoms with van der Waals surface area (Å²) in [4.78, 5) is 11.6. The van der Waals surface area contributed by atoms with E-state index in [0.29, 0.717) is 18.1 Å². The molecule has 1 aromatic rings. The van der Waals surface area contributed by atoms with Crippen LogP contribution in [-0.4, -0.2) is 19.1 Å². The minimum Gasteiger partial charge on any atom is -0.427 e. The quantitative estimate of drug-likeness (QED) is 0.624. The summed E-state index contributed by atoms with van der Waals surface area (Å²) >= 11 is 0. The van der Waals surface area contributed by atoms with Crippen LogP contribution in [0.2, 0.25) is 0 Å². The molecular weight excluding hydrogens is 202 g/mol. The fourth-order valence-corrected chi connectivity index (χ4v) is 2.00. The molecule has 1 atom stereocenters.